The summed E-state index contributed by atoms with van der Waals surface area (Å²) < 4.78 is 40.9. The first kappa shape index (κ1) is 22.7. The third-order valence-corrected chi connectivity index (χ3v) is 6.58. The van der Waals surface area contributed by atoms with Crippen LogP contribution >= 0.6 is 0 Å². The maximum Gasteiger partial charge on any atom is 0.319 e. The SMILES string of the molecule is C[C@H](NS(=O)(=O)c1ccccc1F)C(=O)N1CCC(NC(=O)Nc2ccccc2)CC1. The average Bonchev–Trinajstić information content (AvgIpc) is 2.74. The number of likely N-dealkylation sites (tertiary alicyclic amines) is 1. The third-order valence-electron chi connectivity index (χ3n) is 5.00. The summed E-state index contributed by atoms with van der Waals surface area (Å²) in [6, 6.07) is 12.6. The van der Waals surface area contributed by atoms with Gasteiger partial charge in [0, 0.05) is 24.8 Å². The first-order valence-corrected chi connectivity index (χ1v) is 11.4. The zero-order chi connectivity index (χ0) is 22.4. The molecule has 0 aliphatic carbocycles. The van der Waals surface area contributed by atoms with Crippen molar-refractivity contribution in [3.8, 4) is 0 Å². The molecule has 0 saturated carbocycles. The van der Waals surface area contributed by atoms with E-state index in [-0.39, 0.29) is 12.1 Å². The number of para-hydroxylation sites is 1. The second-order valence-electron chi connectivity index (χ2n) is 7.34. The summed E-state index contributed by atoms with van der Waals surface area (Å²) in [4.78, 5) is 25.8. The van der Waals surface area contributed by atoms with Crippen molar-refractivity contribution in [3.63, 3.8) is 0 Å². The molecular formula is C21H25FN4O4S. The van der Waals surface area contributed by atoms with Crippen molar-refractivity contribution in [2.75, 3.05) is 18.4 Å². The highest BCUT2D eigenvalue weighted by molar-refractivity contribution is 7.89. The normalized spacial score (nSPS) is 15.9. The van der Waals surface area contributed by atoms with E-state index >= 15 is 0 Å². The fourth-order valence-electron chi connectivity index (χ4n) is 3.40. The van der Waals surface area contributed by atoms with Crippen LogP contribution in [-0.4, -0.2) is 50.4 Å². The van der Waals surface area contributed by atoms with E-state index in [2.05, 4.69) is 15.4 Å². The van der Waals surface area contributed by atoms with Crippen LogP contribution in [0.5, 0.6) is 0 Å². The highest BCUT2D eigenvalue weighted by Crippen LogP contribution is 2.16. The number of nitrogens with one attached hydrogen (secondary N) is 3. The lowest BCUT2D eigenvalue weighted by Gasteiger charge is -2.34. The molecule has 1 aliphatic heterocycles. The predicted molar refractivity (Wildman–Crippen MR) is 114 cm³/mol. The minimum atomic E-state index is -4.17. The van der Waals surface area contributed by atoms with Crippen molar-refractivity contribution in [3.05, 3.63) is 60.4 Å². The van der Waals surface area contributed by atoms with Crippen molar-refractivity contribution in [2.24, 2.45) is 0 Å². The standard InChI is InChI=1S/C21H25FN4O4S/c1-15(25-31(29,30)19-10-6-5-9-18(19)22)20(27)26-13-11-17(12-14-26)24-21(28)23-16-7-3-2-4-8-16/h2-10,15,17,25H,11-14H2,1H3,(H2,23,24,28)/t15-/m0/s1. The fraction of sp³-hybridized carbons (Fsp3) is 0.333. The third kappa shape index (κ3) is 6.02. The van der Waals surface area contributed by atoms with Gasteiger partial charge in [-0.1, -0.05) is 30.3 Å². The summed E-state index contributed by atoms with van der Waals surface area (Å²) in [6.45, 7) is 2.18. The van der Waals surface area contributed by atoms with Crippen molar-refractivity contribution in [1.29, 1.82) is 0 Å². The summed E-state index contributed by atoms with van der Waals surface area (Å²) in [7, 11) is -4.17. The Bertz CT molecular complexity index is 1020. The summed E-state index contributed by atoms with van der Waals surface area (Å²) in [5.41, 5.74) is 0.684. The van der Waals surface area contributed by atoms with E-state index in [0.29, 0.717) is 31.6 Å². The van der Waals surface area contributed by atoms with Crippen molar-refractivity contribution in [2.45, 2.75) is 36.7 Å². The number of anilines is 1. The molecule has 3 N–H and O–H groups in total. The van der Waals surface area contributed by atoms with Gasteiger partial charge in [-0.25, -0.2) is 17.6 Å². The van der Waals surface area contributed by atoms with Crippen LogP contribution in [0.1, 0.15) is 19.8 Å². The Labute approximate surface area is 180 Å². The van der Waals surface area contributed by atoms with Crippen molar-refractivity contribution >= 4 is 27.6 Å². The van der Waals surface area contributed by atoms with Gasteiger partial charge in [0.25, 0.3) is 0 Å². The zero-order valence-electron chi connectivity index (χ0n) is 17.0. The Morgan fingerprint density at radius 2 is 1.65 bits per heavy atom. The zero-order valence-corrected chi connectivity index (χ0v) is 17.9. The second-order valence-corrected chi connectivity index (χ2v) is 9.02. The van der Waals surface area contributed by atoms with Gasteiger partial charge in [-0.05, 0) is 44.0 Å². The van der Waals surface area contributed by atoms with Gasteiger partial charge in [0.2, 0.25) is 15.9 Å². The van der Waals surface area contributed by atoms with Crippen LogP contribution in [-0.2, 0) is 14.8 Å². The molecule has 0 aromatic heterocycles. The van der Waals surface area contributed by atoms with Gasteiger partial charge in [0.15, 0.2) is 0 Å². The fourth-order valence-corrected chi connectivity index (χ4v) is 4.68. The molecule has 1 saturated heterocycles. The number of rotatable bonds is 6. The van der Waals surface area contributed by atoms with E-state index in [4.69, 9.17) is 0 Å². The number of nitrogens with zero attached hydrogens (tertiary/aromatic N) is 1. The molecule has 0 radical (unpaired) electrons. The van der Waals surface area contributed by atoms with Gasteiger partial charge in [-0.3, -0.25) is 4.79 Å². The Balaban J connectivity index is 1.49. The Hall–Kier alpha value is -2.98. The second kappa shape index (κ2) is 9.88. The minimum Gasteiger partial charge on any atom is -0.341 e. The molecule has 3 amide bonds. The monoisotopic (exact) mass is 448 g/mol. The van der Waals surface area contributed by atoms with Gasteiger partial charge in [0.05, 0.1) is 6.04 Å². The van der Waals surface area contributed by atoms with Crippen molar-refractivity contribution in [1.82, 2.24) is 14.9 Å². The lowest BCUT2D eigenvalue weighted by Crippen LogP contribution is -2.52. The van der Waals surface area contributed by atoms with Gasteiger partial charge < -0.3 is 15.5 Å². The summed E-state index contributed by atoms with van der Waals surface area (Å²) in [5.74, 6) is -1.28. The maximum absolute atomic E-state index is 13.8. The lowest BCUT2D eigenvalue weighted by molar-refractivity contribution is -0.133. The quantitative estimate of drug-likeness (QED) is 0.630. The number of sulfonamides is 1. The van der Waals surface area contributed by atoms with E-state index in [1.54, 1.807) is 17.0 Å². The number of halogens is 1. The smallest absolute Gasteiger partial charge is 0.319 e. The molecule has 1 heterocycles. The largest absolute Gasteiger partial charge is 0.341 e. The van der Waals surface area contributed by atoms with Crippen LogP contribution in [0.25, 0.3) is 0 Å². The number of piperidine rings is 1. The van der Waals surface area contributed by atoms with Crippen LogP contribution < -0.4 is 15.4 Å². The summed E-state index contributed by atoms with van der Waals surface area (Å²) in [6.07, 6.45) is 1.08. The van der Waals surface area contributed by atoms with E-state index in [1.807, 2.05) is 18.2 Å². The number of hydrogen-bond acceptors (Lipinski definition) is 4. The molecule has 166 valence electrons. The van der Waals surface area contributed by atoms with Gasteiger partial charge in [-0.2, -0.15) is 4.72 Å². The topological polar surface area (TPSA) is 108 Å². The maximum atomic E-state index is 13.8. The Morgan fingerprint density at radius 3 is 2.29 bits per heavy atom. The number of carbonyl (C=O) groups excluding carboxylic acids is 2. The van der Waals surface area contributed by atoms with Crippen LogP contribution in [0.3, 0.4) is 0 Å². The molecule has 0 unspecified atom stereocenters. The Kier molecular flexibility index (Phi) is 7.24. The van der Waals surface area contributed by atoms with Crippen LogP contribution in [0.15, 0.2) is 59.5 Å². The lowest BCUT2D eigenvalue weighted by atomic mass is 10.0. The van der Waals surface area contributed by atoms with E-state index in [1.165, 1.54) is 19.1 Å². The Morgan fingerprint density at radius 1 is 1.03 bits per heavy atom. The first-order chi connectivity index (χ1) is 14.8. The number of benzene rings is 2. The highest BCUT2D eigenvalue weighted by atomic mass is 32.2. The molecule has 3 rings (SSSR count). The molecular weight excluding hydrogens is 423 g/mol. The van der Waals surface area contributed by atoms with Gasteiger partial charge >= 0.3 is 6.03 Å². The number of urea groups is 1. The first-order valence-electron chi connectivity index (χ1n) is 9.94. The average molecular weight is 449 g/mol. The molecule has 0 spiro atoms. The van der Waals surface area contributed by atoms with Gasteiger partial charge in [0.1, 0.15) is 10.7 Å². The molecule has 1 atom stereocenters. The predicted octanol–water partition coefficient (Wildman–Crippen LogP) is 2.31. The highest BCUT2D eigenvalue weighted by Gasteiger charge is 2.30. The summed E-state index contributed by atoms with van der Waals surface area (Å²) >= 11 is 0. The summed E-state index contributed by atoms with van der Waals surface area (Å²) in [5, 5.41) is 5.63. The van der Waals surface area contributed by atoms with E-state index in [0.717, 1.165) is 12.1 Å². The molecule has 1 fully saturated rings. The van der Waals surface area contributed by atoms with E-state index < -0.39 is 32.7 Å². The van der Waals surface area contributed by atoms with Crippen LogP contribution in [0, 0.1) is 5.82 Å². The molecule has 0 bridgehead atoms. The van der Waals surface area contributed by atoms with Crippen LogP contribution in [0.4, 0.5) is 14.9 Å². The minimum absolute atomic E-state index is 0.0989. The van der Waals surface area contributed by atoms with Crippen molar-refractivity contribution < 1.29 is 22.4 Å². The van der Waals surface area contributed by atoms with E-state index in [9.17, 15) is 22.4 Å². The van der Waals surface area contributed by atoms with Crippen LogP contribution in [0.2, 0.25) is 0 Å². The molecule has 31 heavy (non-hydrogen) atoms. The van der Waals surface area contributed by atoms with Gasteiger partial charge in [-0.15, -0.1) is 0 Å². The molecule has 10 heteroatoms. The number of carbonyl (C=O) groups is 2. The molecule has 8 nitrogen and oxygen atoms in total. The molecule has 1 aliphatic rings. The number of hydrogen-bond donors (Lipinski definition) is 3. The molecule has 2 aromatic carbocycles. The number of amides is 3. The molecule has 2 aromatic rings.